The third kappa shape index (κ3) is 4.50. The standard InChI is InChI=1S/C21H20N4O3/c1-14(25-12-4-11-22-25)20(27)23-18-5-3-6-19(13-18)24-21(28)17-9-7-16(8-10-17)15(2)26/h3-14H,1-2H3,(H,23,27)(H,24,28). The number of ketones is 1. The van der Waals surface area contributed by atoms with Crippen LogP contribution in [0.1, 0.15) is 40.6 Å². The summed E-state index contributed by atoms with van der Waals surface area (Å²) < 4.78 is 1.56. The van der Waals surface area contributed by atoms with E-state index in [-0.39, 0.29) is 17.6 Å². The lowest BCUT2D eigenvalue weighted by Gasteiger charge is -2.13. The second-order valence-corrected chi connectivity index (χ2v) is 6.32. The van der Waals surface area contributed by atoms with E-state index in [4.69, 9.17) is 0 Å². The number of hydrogen-bond acceptors (Lipinski definition) is 4. The first-order valence-electron chi connectivity index (χ1n) is 8.76. The minimum absolute atomic E-state index is 0.0558. The number of benzene rings is 2. The fourth-order valence-electron chi connectivity index (χ4n) is 2.61. The van der Waals surface area contributed by atoms with Gasteiger partial charge in [0.05, 0.1) is 0 Å². The lowest BCUT2D eigenvalue weighted by atomic mass is 10.1. The SMILES string of the molecule is CC(=O)c1ccc(C(=O)Nc2cccc(NC(=O)C(C)n3cccn3)c2)cc1. The molecule has 2 amide bonds. The Morgan fingerprint density at radius 1 is 0.929 bits per heavy atom. The number of nitrogens with one attached hydrogen (secondary N) is 2. The van der Waals surface area contributed by atoms with Crippen molar-refractivity contribution in [2.24, 2.45) is 0 Å². The number of nitrogens with zero attached hydrogens (tertiary/aromatic N) is 2. The molecule has 1 unspecified atom stereocenters. The topological polar surface area (TPSA) is 93.1 Å². The second kappa shape index (κ2) is 8.30. The highest BCUT2D eigenvalue weighted by atomic mass is 16.2. The molecule has 0 saturated heterocycles. The quantitative estimate of drug-likeness (QED) is 0.644. The van der Waals surface area contributed by atoms with Gasteiger partial charge in [-0.1, -0.05) is 18.2 Å². The Hall–Kier alpha value is -3.74. The molecule has 0 aliphatic heterocycles. The van der Waals surface area contributed by atoms with Gasteiger partial charge in [0.25, 0.3) is 5.91 Å². The molecule has 142 valence electrons. The number of Topliss-reactive ketones (excluding diaryl/α,β-unsaturated/α-hetero) is 1. The zero-order chi connectivity index (χ0) is 20.1. The minimum atomic E-state index is -0.465. The summed E-state index contributed by atoms with van der Waals surface area (Å²) in [4.78, 5) is 36.1. The average molecular weight is 376 g/mol. The third-order valence-corrected chi connectivity index (χ3v) is 4.24. The van der Waals surface area contributed by atoms with Crippen molar-refractivity contribution in [1.82, 2.24) is 9.78 Å². The largest absolute Gasteiger partial charge is 0.324 e. The number of carbonyl (C=O) groups is 3. The van der Waals surface area contributed by atoms with Crippen LogP contribution in [0.25, 0.3) is 0 Å². The molecule has 0 radical (unpaired) electrons. The molecule has 2 N–H and O–H groups in total. The monoisotopic (exact) mass is 376 g/mol. The molecule has 7 heteroatoms. The minimum Gasteiger partial charge on any atom is -0.324 e. The van der Waals surface area contributed by atoms with Gasteiger partial charge in [0.1, 0.15) is 6.04 Å². The van der Waals surface area contributed by atoms with Gasteiger partial charge in [-0.15, -0.1) is 0 Å². The van der Waals surface area contributed by atoms with E-state index in [9.17, 15) is 14.4 Å². The molecule has 3 aromatic rings. The summed E-state index contributed by atoms with van der Waals surface area (Å²) in [6, 6.07) is 14.6. The van der Waals surface area contributed by atoms with Crippen molar-refractivity contribution in [3.63, 3.8) is 0 Å². The predicted molar refractivity (Wildman–Crippen MR) is 106 cm³/mol. The zero-order valence-corrected chi connectivity index (χ0v) is 15.5. The molecule has 1 heterocycles. The van der Waals surface area contributed by atoms with Crippen LogP contribution in [0.3, 0.4) is 0 Å². The second-order valence-electron chi connectivity index (χ2n) is 6.32. The van der Waals surface area contributed by atoms with Crippen molar-refractivity contribution in [2.45, 2.75) is 19.9 Å². The highest BCUT2D eigenvalue weighted by Gasteiger charge is 2.15. The van der Waals surface area contributed by atoms with Gasteiger partial charge < -0.3 is 10.6 Å². The van der Waals surface area contributed by atoms with Gasteiger partial charge in [-0.2, -0.15) is 5.10 Å². The summed E-state index contributed by atoms with van der Waals surface area (Å²) in [5.74, 6) is -0.574. The first-order chi connectivity index (χ1) is 13.4. The molecular formula is C21H20N4O3. The molecule has 0 fully saturated rings. The van der Waals surface area contributed by atoms with E-state index < -0.39 is 6.04 Å². The van der Waals surface area contributed by atoms with Gasteiger partial charge in [-0.3, -0.25) is 19.1 Å². The van der Waals surface area contributed by atoms with Crippen molar-refractivity contribution in [1.29, 1.82) is 0 Å². The van der Waals surface area contributed by atoms with Crippen LogP contribution < -0.4 is 10.6 Å². The van der Waals surface area contributed by atoms with Crippen molar-refractivity contribution < 1.29 is 14.4 Å². The van der Waals surface area contributed by atoms with E-state index in [0.29, 0.717) is 22.5 Å². The molecular weight excluding hydrogens is 356 g/mol. The number of carbonyl (C=O) groups excluding carboxylic acids is 3. The van der Waals surface area contributed by atoms with Crippen LogP contribution >= 0.6 is 0 Å². The number of rotatable bonds is 6. The van der Waals surface area contributed by atoms with E-state index in [1.54, 1.807) is 78.6 Å². The summed E-state index contributed by atoms with van der Waals surface area (Å²) in [5, 5.41) is 9.66. The normalized spacial score (nSPS) is 11.5. The van der Waals surface area contributed by atoms with Gasteiger partial charge in [-0.25, -0.2) is 0 Å². The molecule has 1 atom stereocenters. The molecule has 2 aromatic carbocycles. The van der Waals surface area contributed by atoms with Gasteiger partial charge in [-0.05, 0) is 50.2 Å². The molecule has 0 aliphatic carbocycles. The van der Waals surface area contributed by atoms with Gasteiger partial charge in [0.2, 0.25) is 5.91 Å². The molecule has 1 aromatic heterocycles. The van der Waals surface area contributed by atoms with Crippen LogP contribution in [0.2, 0.25) is 0 Å². The average Bonchev–Trinajstić information content (AvgIpc) is 3.22. The van der Waals surface area contributed by atoms with Crippen LogP contribution in [-0.4, -0.2) is 27.4 Å². The van der Waals surface area contributed by atoms with Crippen LogP contribution in [0.4, 0.5) is 11.4 Å². The van der Waals surface area contributed by atoms with Gasteiger partial charge in [0, 0.05) is 34.9 Å². The Balaban J connectivity index is 1.66. The van der Waals surface area contributed by atoms with Gasteiger partial charge in [0.15, 0.2) is 5.78 Å². The summed E-state index contributed by atoms with van der Waals surface area (Å²) in [6.45, 7) is 3.22. The molecule has 7 nitrogen and oxygen atoms in total. The molecule has 28 heavy (non-hydrogen) atoms. The predicted octanol–water partition coefficient (Wildman–Crippen LogP) is 3.54. The van der Waals surface area contributed by atoms with Crippen LogP contribution in [0.15, 0.2) is 67.0 Å². The molecule has 0 bridgehead atoms. The Morgan fingerprint density at radius 3 is 2.18 bits per heavy atom. The number of amides is 2. The number of aromatic nitrogens is 2. The van der Waals surface area contributed by atoms with Crippen molar-refractivity contribution in [2.75, 3.05) is 10.6 Å². The molecule has 0 aliphatic rings. The zero-order valence-electron chi connectivity index (χ0n) is 15.5. The third-order valence-electron chi connectivity index (χ3n) is 4.24. The van der Waals surface area contributed by atoms with Crippen molar-refractivity contribution >= 4 is 29.0 Å². The summed E-state index contributed by atoms with van der Waals surface area (Å²) in [6.07, 6.45) is 3.33. The summed E-state index contributed by atoms with van der Waals surface area (Å²) in [5.41, 5.74) is 2.10. The van der Waals surface area contributed by atoms with Crippen LogP contribution in [-0.2, 0) is 4.79 Å². The van der Waals surface area contributed by atoms with E-state index in [1.807, 2.05) is 0 Å². The first-order valence-corrected chi connectivity index (χ1v) is 8.76. The molecule has 0 spiro atoms. The van der Waals surface area contributed by atoms with E-state index in [1.165, 1.54) is 6.92 Å². The lowest BCUT2D eigenvalue weighted by molar-refractivity contribution is -0.119. The van der Waals surface area contributed by atoms with Gasteiger partial charge >= 0.3 is 0 Å². The highest BCUT2D eigenvalue weighted by Crippen LogP contribution is 2.18. The fourth-order valence-corrected chi connectivity index (χ4v) is 2.61. The first kappa shape index (κ1) is 19.0. The maximum Gasteiger partial charge on any atom is 0.255 e. The summed E-state index contributed by atoms with van der Waals surface area (Å²) in [7, 11) is 0. The van der Waals surface area contributed by atoms with E-state index in [0.717, 1.165) is 0 Å². The number of hydrogen-bond donors (Lipinski definition) is 2. The lowest BCUT2D eigenvalue weighted by Crippen LogP contribution is -2.24. The molecule has 0 saturated carbocycles. The maximum absolute atomic E-state index is 12.4. The maximum atomic E-state index is 12.4. The fraction of sp³-hybridized carbons (Fsp3) is 0.143. The Bertz CT molecular complexity index is 995. The smallest absolute Gasteiger partial charge is 0.255 e. The molecule has 3 rings (SSSR count). The van der Waals surface area contributed by atoms with Crippen LogP contribution in [0, 0.1) is 0 Å². The summed E-state index contributed by atoms with van der Waals surface area (Å²) >= 11 is 0. The Kier molecular flexibility index (Phi) is 5.64. The highest BCUT2D eigenvalue weighted by molar-refractivity contribution is 6.05. The van der Waals surface area contributed by atoms with Crippen molar-refractivity contribution in [3.05, 3.63) is 78.1 Å². The number of anilines is 2. The Morgan fingerprint density at radius 2 is 1.57 bits per heavy atom. The van der Waals surface area contributed by atoms with E-state index in [2.05, 4.69) is 15.7 Å². The van der Waals surface area contributed by atoms with E-state index >= 15 is 0 Å². The Labute approximate surface area is 162 Å². The van der Waals surface area contributed by atoms with Crippen LogP contribution in [0.5, 0.6) is 0 Å². The van der Waals surface area contributed by atoms with Crippen molar-refractivity contribution in [3.8, 4) is 0 Å².